The molecule has 1 aromatic heterocycles. The molecule has 0 bridgehead atoms. The van der Waals surface area contributed by atoms with E-state index in [0.717, 1.165) is 32.4 Å². The second-order valence-electron chi connectivity index (χ2n) is 4.62. The van der Waals surface area contributed by atoms with Crippen LogP contribution in [0, 0.1) is 6.92 Å². The molecule has 1 aliphatic heterocycles. The number of hydrogen-bond acceptors (Lipinski definition) is 3. The number of carbonyl (C=O) groups excluding carboxylic acids is 1. The van der Waals surface area contributed by atoms with Crippen LogP contribution < -0.4 is 10.6 Å². The molecule has 0 radical (unpaired) electrons. The number of nitrogens with one attached hydrogen (secondary N) is 2. The van der Waals surface area contributed by atoms with Gasteiger partial charge in [-0.1, -0.05) is 0 Å². The quantitative estimate of drug-likeness (QED) is 0.873. The molecule has 1 fully saturated rings. The minimum atomic E-state index is 0. The summed E-state index contributed by atoms with van der Waals surface area (Å²) in [6.07, 6.45) is 3.68. The topological polar surface area (TPSA) is 41.1 Å². The zero-order chi connectivity index (χ0) is 12.1. The van der Waals surface area contributed by atoms with Crippen LogP contribution in [0.5, 0.6) is 0 Å². The molecule has 0 aromatic carbocycles. The lowest BCUT2D eigenvalue weighted by Gasteiger charge is -2.10. The molecule has 1 atom stereocenters. The van der Waals surface area contributed by atoms with Crippen molar-refractivity contribution in [2.24, 2.45) is 0 Å². The zero-order valence-corrected chi connectivity index (χ0v) is 12.3. The Morgan fingerprint density at radius 2 is 2.39 bits per heavy atom. The van der Waals surface area contributed by atoms with E-state index in [1.807, 2.05) is 11.3 Å². The first-order chi connectivity index (χ1) is 8.24. The van der Waals surface area contributed by atoms with Crippen LogP contribution in [0.25, 0.3) is 0 Å². The molecule has 0 spiro atoms. The van der Waals surface area contributed by atoms with Crippen molar-refractivity contribution in [3.63, 3.8) is 0 Å². The second kappa shape index (κ2) is 7.77. The summed E-state index contributed by atoms with van der Waals surface area (Å²) < 4.78 is 0. The second-order valence-corrected chi connectivity index (χ2v) is 6.00. The Bertz CT molecular complexity index is 375. The monoisotopic (exact) mass is 288 g/mol. The zero-order valence-electron chi connectivity index (χ0n) is 10.7. The lowest BCUT2D eigenvalue weighted by Crippen LogP contribution is -2.36. The van der Waals surface area contributed by atoms with Gasteiger partial charge in [-0.25, -0.2) is 0 Å². The van der Waals surface area contributed by atoms with Crippen LogP contribution in [0.1, 0.15) is 29.0 Å². The molecule has 3 nitrogen and oxygen atoms in total. The molecule has 0 aliphatic carbocycles. The van der Waals surface area contributed by atoms with E-state index >= 15 is 0 Å². The maximum atomic E-state index is 11.7. The molecule has 1 saturated heterocycles. The van der Waals surface area contributed by atoms with Gasteiger partial charge >= 0.3 is 0 Å². The van der Waals surface area contributed by atoms with Gasteiger partial charge < -0.3 is 10.6 Å². The molecule has 2 heterocycles. The summed E-state index contributed by atoms with van der Waals surface area (Å²) in [5, 5.41) is 6.32. The molecule has 102 valence electrons. The van der Waals surface area contributed by atoms with Gasteiger partial charge in [-0.15, -0.1) is 23.7 Å². The standard InChI is InChI=1S/C13H20N2OS.ClH/c1-10-5-6-12(17-10)3-2-4-13(16)15-11-7-8-14-9-11;/h5-6,11,14H,2-4,7-9H2,1H3,(H,15,16);1H. The predicted octanol–water partition coefficient (Wildman–Crippen LogP) is 2.28. The third-order valence-corrected chi connectivity index (χ3v) is 4.11. The van der Waals surface area contributed by atoms with Gasteiger partial charge in [-0.05, 0) is 44.9 Å². The number of halogens is 1. The Labute approximate surface area is 119 Å². The van der Waals surface area contributed by atoms with Gasteiger partial charge in [0.2, 0.25) is 5.91 Å². The van der Waals surface area contributed by atoms with E-state index in [9.17, 15) is 4.79 Å². The average molecular weight is 289 g/mol. The van der Waals surface area contributed by atoms with E-state index in [0.29, 0.717) is 12.5 Å². The van der Waals surface area contributed by atoms with Crippen LogP contribution in [0.3, 0.4) is 0 Å². The minimum Gasteiger partial charge on any atom is -0.352 e. The fourth-order valence-corrected chi connectivity index (χ4v) is 3.05. The molecular weight excluding hydrogens is 268 g/mol. The summed E-state index contributed by atoms with van der Waals surface area (Å²) in [5.41, 5.74) is 0. The summed E-state index contributed by atoms with van der Waals surface area (Å²) in [7, 11) is 0. The molecule has 18 heavy (non-hydrogen) atoms. The number of carbonyl (C=O) groups is 1. The molecule has 0 saturated carbocycles. The van der Waals surface area contributed by atoms with Gasteiger partial charge in [0.1, 0.15) is 0 Å². The van der Waals surface area contributed by atoms with Crippen molar-refractivity contribution >= 4 is 29.7 Å². The van der Waals surface area contributed by atoms with Crippen LogP contribution in [0.4, 0.5) is 0 Å². The van der Waals surface area contributed by atoms with Crippen LogP contribution in [0.2, 0.25) is 0 Å². The largest absolute Gasteiger partial charge is 0.352 e. The molecule has 1 aliphatic rings. The van der Waals surface area contributed by atoms with E-state index < -0.39 is 0 Å². The molecule has 1 unspecified atom stereocenters. The van der Waals surface area contributed by atoms with E-state index in [1.165, 1.54) is 9.75 Å². The summed E-state index contributed by atoms with van der Waals surface area (Å²) in [5.74, 6) is 0.201. The van der Waals surface area contributed by atoms with E-state index in [4.69, 9.17) is 0 Å². The van der Waals surface area contributed by atoms with Gasteiger partial charge in [-0.3, -0.25) is 4.79 Å². The lowest BCUT2D eigenvalue weighted by molar-refractivity contribution is -0.121. The lowest BCUT2D eigenvalue weighted by atomic mass is 10.2. The summed E-state index contributed by atoms with van der Waals surface area (Å²) in [4.78, 5) is 14.4. The number of hydrogen-bond donors (Lipinski definition) is 2. The highest BCUT2D eigenvalue weighted by atomic mass is 35.5. The van der Waals surface area contributed by atoms with Gasteiger partial charge in [0, 0.05) is 28.8 Å². The van der Waals surface area contributed by atoms with E-state index in [1.54, 1.807) is 0 Å². The molecule has 2 rings (SSSR count). The minimum absolute atomic E-state index is 0. The van der Waals surface area contributed by atoms with Crippen LogP contribution in [-0.2, 0) is 11.2 Å². The normalized spacial score (nSPS) is 18.4. The highest BCUT2D eigenvalue weighted by Gasteiger charge is 2.16. The van der Waals surface area contributed by atoms with Crippen LogP contribution >= 0.6 is 23.7 Å². The van der Waals surface area contributed by atoms with Crippen LogP contribution in [0.15, 0.2) is 12.1 Å². The number of rotatable bonds is 5. The average Bonchev–Trinajstić information content (AvgIpc) is 2.90. The van der Waals surface area contributed by atoms with Gasteiger partial charge in [-0.2, -0.15) is 0 Å². The smallest absolute Gasteiger partial charge is 0.220 e. The fraction of sp³-hybridized carbons (Fsp3) is 0.615. The van der Waals surface area contributed by atoms with Gasteiger partial charge in [0.15, 0.2) is 0 Å². The van der Waals surface area contributed by atoms with Crippen molar-refractivity contribution in [2.45, 2.75) is 38.6 Å². The Balaban J connectivity index is 0.00000162. The summed E-state index contributed by atoms with van der Waals surface area (Å²) in [6, 6.07) is 4.66. The Morgan fingerprint density at radius 1 is 1.56 bits per heavy atom. The third-order valence-electron chi connectivity index (χ3n) is 3.05. The molecule has 1 aromatic rings. The molecular formula is C13H21ClN2OS. The van der Waals surface area contributed by atoms with Gasteiger partial charge in [0.05, 0.1) is 0 Å². The number of aryl methyl sites for hydroxylation is 2. The highest BCUT2D eigenvalue weighted by Crippen LogP contribution is 2.17. The first-order valence-electron chi connectivity index (χ1n) is 6.29. The Kier molecular flexibility index (Phi) is 6.68. The first kappa shape index (κ1) is 15.5. The first-order valence-corrected chi connectivity index (χ1v) is 7.11. The van der Waals surface area contributed by atoms with Crippen molar-refractivity contribution in [3.8, 4) is 0 Å². The summed E-state index contributed by atoms with van der Waals surface area (Å²) in [6.45, 7) is 4.07. The Hall–Kier alpha value is -0.580. The SMILES string of the molecule is Cc1ccc(CCCC(=O)NC2CCNC2)s1.Cl. The molecule has 1 amide bonds. The van der Waals surface area contributed by atoms with E-state index in [2.05, 4.69) is 29.7 Å². The molecule has 5 heteroatoms. The summed E-state index contributed by atoms with van der Waals surface area (Å²) >= 11 is 1.83. The maximum absolute atomic E-state index is 11.7. The maximum Gasteiger partial charge on any atom is 0.220 e. The number of amides is 1. The number of thiophene rings is 1. The molecule has 2 N–H and O–H groups in total. The van der Waals surface area contributed by atoms with Crippen molar-refractivity contribution in [1.82, 2.24) is 10.6 Å². The van der Waals surface area contributed by atoms with E-state index in [-0.39, 0.29) is 18.3 Å². The predicted molar refractivity (Wildman–Crippen MR) is 78.7 cm³/mol. The fourth-order valence-electron chi connectivity index (χ4n) is 2.12. The van der Waals surface area contributed by atoms with Crippen LogP contribution in [-0.4, -0.2) is 25.0 Å². The van der Waals surface area contributed by atoms with Crippen molar-refractivity contribution in [2.75, 3.05) is 13.1 Å². The highest BCUT2D eigenvalue weighted by molar-refractivity contribution is 7.11. The van der Waals surface area contributed by atoms with Crippen molar-refractivity contribution < 1.29 is 4.79 Å². The third kappa shape index (κ3) is 4.96. The van der Waals surface area contributed by atoms with Crippen molar-refractivity contribution in [3.05, 3.63) is 21.9 Å². The van der Waals surface area contributed by atoms with Gasteiger partial charge in [0.25, 0.3) is 0 Å². The Morgan fingerprint density at radius 3 is 3.00 bits per heavy atom. The van der Waals surface area contributed by atoms with Crippen molar-refractivity contribution in [1.29, 1.82) is 0 Å².